The molecule has 0 bridgehead atoms. The van der Waals surface area contributed by atoms with Crippen LogP contribution in [0.1, 0.15) is 61.6 Å². The molecular weight excluding hydrogens is 520 g/mol. The Balaban J connectivity index is 1.56. The molecule has 3 aromatic rings. The number of amides is 2. The quantitative estimate of drug-likeness (QED) is 0.255. The second kappa shape index (κ2) is 13.3. The highest BCUT2D eigenvalue weighted by Crippen LogP contribution is 2.39. The largest absolute Gasteiger partial charge is 0.444 e. The van der Waals surface area contributed by atoms with Gasteiger partial charge in [0.1, 0.15) is 17.8 Å². The van der Waals surface area contributed by atoms with Crippen molar-refractivity contribution in [1.82, 2.24) is 10.6 Å². The maximum absolute atomic E-state index is 13.8. The van der Waals surface area contributed by atoms with Crippen molar-refractivity contribution in [3.63, 3.8) is 0 Å². The van der Waals surface area contributed by atoms with Crippen LogP contribution in [0.2, 0.25) is 0 Å². The highest BCUT2D eigenvalue weighted by Gasteiger charge is 2.40. The molecule has 0 heterocycles. The van der Waals surface area contributed by atoms with E-state index in [1.54, 1.807) is 45.0 Å². The molecule has 6 atom stereocenters. The van der Waals surface area contributed by atoms with Crippen molar-refractivity contribution in [3.05, 3.63) is 107 Å². The minimum Gasteiger partial charge on any atom is -0.444 e. The predicted octanol–water partition coefficient (Wildman–Crippen LogP) is 4.00. The van der Waals surface area contributed by atoms with E-state index < -0.39 is 48.0 Å². The van der Waals surface area contributed by atoms with Crippen molar-refractivity contribution in [2.45, 2.75) is 76.0 Å². The summed E-state index contributed by atoms with van der Waals surface area (Å²) in [7, 11) is 0. The molecule has 2 amide bonds. The first-order chi connectivity index (χ1) is 19.5. The zero-order valence-corrected chi connectivity index (χ0v) is 23.7. The van der Waals surface area contributed by atoms with Crippen LogP contribution in [0, 0.1) is 5.92 Å². The first-order valence-corrected chi connectivity index (χ1v) is 14.0. The number of carbonyl (C=O) groups excluding carboxylic acids is 2. The molecule has 8 nitrogen and oxygen atoms in total. The van der Waals surface area contributed by atoms with Gasteiger partial charge in [-0.15, -0.1) is 0 Å². The Hall–Kier alpha value is -3.72. The number of aliphatic hydroxyl groups is 3. The molecule has 0 unspecified atom stereocenters. The van der Waals surface area contributed by atoms with Crippen LogP contribution >= 0.6 is 0 Å². The number of rotatable bonds is 10. The topological polar surface area (TPSA) is 128 Å². The standard InChI is InChI=1S/C33H40N2O6/c1-33(2,3)41-32(40)34-26(19-22-14-8-5-9-15-22)27(36)20-23(18-21-12-6-4-7-13-21)31(39)35-28-24-16-10-11-17-25(24)29(37)30(28)38/h4-17,23,26-30,36-38H,18-20H2,1-3H3,(H,34,40)(H,35,39)/t23-,26-,27-,28-,29+,30-/m0/s1. The van der Waals surface area contributed by atoms with E-state index in [9.17, 15) is 24.9 Å². The van der Waals surface area contributed by atoms with E-state index in [1.807, 2.05) is 60.7 Å². The molecule has 0 fully saturated rings. The fourth-order valence-corrected chi connectivity index (χ4v) is 5.30. The second-order valence-corrected chi connectivity index (χ2v) is 11.7. The molecule has 4 rings (SSSR count). The molecule has 0 aliphatic heterocycles. The van der Waals surface area contributed by atoms with Gasteiger partial charge in [0.2, 0.25) is 5.91 Å². The van der Waals surface area contributed by atoms with Crippen LogP contribution in [0.5, 0.6) is 0 Å². The van der Waals surface area contributed by atoms with Gasteiger partial charge in [0.15, 0.2) is 0 Å². The molecule has 0 spiro atoms. The number of aliphatic hydroxyl groups excluding tert-OH is 3. The Labute approximate surface area is 241 Å². The summed E-state index contributed by atoms with van der Waals surface area (Å²) in [5.41, 5.74) is 2.34. The maximum atomic E-state index is 13.8. The van der Waals surface area contributed by atoms with Gasteiger partial charge in [-0.3, -0.25) is 4.79 Å². The van der Waals surface area contributed by atoms with Crippen LogP contribution in [-0.4, -0.2) is 51.2 Å². The van der Waals surface area contributed by atoms with E-state index in [-0.39, 0.29) is 12.3 Å². The van der Waals surface area contributed by atoms with E-state index in [2.05, 4.69) is 10.6 Å². The normalized spacial score (nSPS) is 20.4. The first kappa shape index (κ1) is 30.2. The number of alkyl carbamates (subject to hydrolysis) is 1. The van der Waals surface area contributed by atoms with Crippen LogP contribution in [0.15, 0.2) is 84.9 Å². The van der Waals surface area contributed by atoms with Crippen LogP contribution < -0.4 is 10.6 Å². The minimum atomic E-state index is -1.20. The van der Waals surface area contributed by atoms with Crippen LogP contribution in [0.3, 0.4) is 0 Å². The lowest BCUT2D eigenvalue weighted by Crippen LogP contribution is -2.48. The third kappa shape index (κ3) is 8.16. The summed E-state index contributed by atoms with van der Waals surface area (Å²) in [5, 5.41) is 38.5. The Bertz CT molecular complexity index is 1290. The Kier molecular flexibility index (Phi) is 9.81. The monoisotopic (exact) mass is 560 g/mol. The summed E-state index contributed by atoms with van der Waals surface area (Å²) in [6, 6.07) is 24.5. The summed E-state index contributed by atoms with van der Waals surface area (Å²) < 4.78 is 5.46. The number of fused-ring (bicyclic) bond motifs is 1. The highest BCUT2D eigenvalue weighted by molar-refractivity contribution is 5.80. The van der Waals surface area contributed by atoms with Crippen molar-refractivity contribution in [2.75, 3.05) is 0 Å². The number of carbonyl (C=O) groups is 2. The predicted molar refractivity (Wildman–Crippen MR) is 156 cm³/mol. The molecular formula is C33H40N2O6. The zero-order valence-electron chi connectivity index (χ0n) is 23.7. The highest BCUT2D eigenvalue weighted by atomic mass is 16.6. The number of ether oxygens (including phenoxy) is 1. The third-order valence-corrected chi connectivity index (χ3v) is 7.30. The Morgan fingerprint density at radius 2 is 1.37 bits per heavy atom. The lowest BCUT2D eigenvalue weighted by Gasteiger charge is -2.30. The van der Waals surface area contributed by atoms with Gasteiger partial charge < -0.3 is 30.7 Å². The first-order valence-electron chi connectivity index (χ1n) is 14.0. The van der Waals surface area contributed by atoms with Crippen molar-refractivity contribution in [1.29, 1.82) is 0 Å². The minimum absolute atomic E-state index is 0.0427. The van der Waals surface area contributed by atoms with Gasteiger partial charge in [0.05, 0.1) is 18.2 Å². The van der Waals surface area contributed by atoms with Crippen LogP contribution in [0.4, 0.5) is 4.79 Å². The SMILES string of the molecule is CC(C)(C)OC(=O)N[C@@H](Cc1ccccc1)[C@@H](O)C[C@H](Cc1ccccc1)C(=O)N[C@H]1c2ccccc2[C@@H](O)[C@H]1O. The summed E-state index contributed by atoms with van der Waals surface area (Å²) in [6.07, 6.45) is -3.33. The number of hydrogen-bond donors (Lipinski definition) is 5. The van der Waals surface area contributed by atoms with Crippen LogP contribution in [-0.2, 0) is 22.4 Å². The smallest absolute Gasteiger partial charge is 0.407 e. The molecule has 1 aliphatic carbocycles. The van der Waals surface area contributed by atoms with E-state index >= 15 is 0 Å². The Morgan fingerprint density at radius 1 is 0.829 bits per heavy atom. The van der Waals surface area contributed by atoms with Crippen molar-refractivity contribution < 1.29 is 29.6 Å². The van der Waals surface area contributed by atoms with Gasteiger partial charge >= 0.3 is 6.09 Å². The molecule has 0 radical (unpaired) electrons. The molecule has 0 saturated heterocycles. The van der Waals surface area contributed by atoms with Gasteiger partial charge in [-0.05, 0) is 62.3 Å². The van der Waals surface area contributed by atoms with Crippen LogP contribution in [0.25, 0.3) is 0 Å². The second-order valence-electron chi connectivity index (χ2n) is 11.7. The van der Waals surface area contributed by atoms with Gasteiger partial charge in [-0.2, -0.15) is 0 Å². The van der Waals surface area contributed by atoms with Gasteiger partial charge in [-0.25, -0.2) is 4.79 Å². The molecule has 0 saturated carbocycles. The number of benzene rings is 3. The average Bonchev–Trinajstić information content (AvgIpc) is 3.17. The zero-order chi connectivity index (χ0) is 29.6. The van der Waals surface area contributed by atoms with Gasteiger partial charge in [-0.1, -0.05) is 84.9 Å². The average molecular weight is 561 g/mol. The fraction of sp³-hybridized carbons (Fsp3) is 0.394. The van der Waals surface area contributed by atoms with Gasteiger partial charge in [0.25, 0.3) is 0 Å². The summed E-state index contributed by atoms with van der Waals surface area (Å²) in [6.45, 7) is 5.30. The molecule has 5 N–H and O–H groups in total. The fourth-order valence-electron chi connectivity index (χ4n) is 5.30. The number of hydrogen-bond acceptors (Lipinski definition) is 6. The van der Waals surface area contributed by atoms with E-state index in [0.717, 1.165) is 11.1 Å². The molecule has 8 heteroatoms. The number of nitrogens with one attached hydrogen (secondary N) is 2. The molecule has 3 aromatic carbocycles. The van der Waals surface area contributed by atoms with E-state index in [1.165, 1.54) is 0 Å². The maximum Gasteiger partial charge on any atom is 0.407 e. The summed E-state index contributed by atoms with van der Waals surface area (Å²) >= 11 is 0. The van der Waals surface area contributed by atoms with Crippen molar-refractivity contribution in [2.24, 2.45) is 5.92 Å². The van der Waals surface area contributed by atoms with Crippen molar-refractivity contribution in [3.8, 4) is 0 Å². The lowest BCUT2D eigenvalue weighted by molar-refractivity contribution is -0.128. The molecule has 0 aromatic heterocycles. The van der Waals surface area contributed by atoms with E-state index in [0.29, 0.717) is 24.0 Å². The van der Waals surface area contributed by atoms with E-state index in [4.69, 9.17) is 4.74 Å². The third-order valence-electron chi connectivity index (χ3n) is 7.30. The molecule has 218 valence electrons. The Morgan fingerprint density at radius 3 is 1.95 bits per heavy atom. The molecule has 1 aliphatic rings. The van der Waals surface area contributed by atoms with Crippen molar-refractivity contribution >= 4 is 12.0 Å². The lowest BCUT2D eigenvalue weighted by atomic mass is 9.88. The summed E-state index contributed by atoms with van der Waals surface area (Å²) in [4.78, 5) is 26.5. The summed E-state index contributed by atoms with van der Waals surface area (Å²) in [5.74, 6) is -1.06. The molecule has 41 heavy (non-hydrogen) atoms. The van der Waals surface area contributed by atoms with Gasteiger partial charge in [0, 0.05) is 5.92 Å².